The minimum Gasteiger partial charge on any atom is -0.351 e. The number of anilines is 1. The van der Waals surface area contributed by atoms with Crippen LogP contribution in [0.15, 0.2) is 12.3 Å². The van der Waals surface area contributed by atoms with Crippen LogP contribution in [0, 0.1) is 0 Å². The molecule has 7 heteroatoms. The SMILES string of the molecule is CC1CS(=O)(=O)CCN1c1ncc(CCl)cc1Cl. The second-order valence-electron chi connectivity index (χ2n) is 4.44. The fourth-order valence-electron chi connectivity index (χ4n) is 2.07. The molecule has 0 radical (unpaired) electrons. The first kappa shape index (κ1) is 13.9. The molecule has 0 saturated carbocycles. The molecule has 0 bridgehead atoms. The summed E-state index contributed by atoms with van der Waals surface area (Å²) in [7, 11) is -2.93. The van der Waals surface area contributed by atoms with Crippen molar-refractivity contribution in [2.45, 2.75) is 18.8 Å². The molecule has 100 valence electrons. The number of sulfone groups is 1. The Labute approximate surface area is 117 Å². The number of hydrogen-bond donors (Lipinski definition) is 0. The molecule has 0 N–H and O–H groups in total. The van der Waals surface area contributed by atoms with Crippen LogP contribution < -0.4 is 4.90 Å². The van der Waals surface area contributed by atoms with Crippen molar-refractivity contribution in [3.8, 4) is 0 Å². The van der Waals surface area contributed by atoms with Gasteiger partial charge in [0.05, 0.1) is 16.5 Å². The van der Waals surface area contributed by atoms with Crippen molar-refractivity contribution in [3.05, 3.63) is 22.8 Å². The van der Waals surface area contributed by atoms with Crippen molar-refractivity contribution in [2.75, 3.05) is 23.0 Å². The predicted octanol–water partition coefficient (Wildman–Crippen LogP) is 2.10. The third-order valence-electron chi connectivity index (χ3n) is 2.98. The van der Waals surface area contributed by atoms with Crippen molar-refractivity contribution in [1.82, 2.24) is 4.98 Å². The maximum atomic E-state index is 11.5. The summed E-state index contributed by atoms with van der Waals surface area (Å²) in [4.78, 5) is 6.22. The molecule has 1 aliphatic rings. The smallest absolute Gasteiger partial charge is 0.154 e. The Hall–Kier alpha value is -0.520. The van der Waals surface area contributed by atoms with Gasteiger partial charge in [0.15, 0.2) is 9.84 Å². The summed E-state index contributed by atoms with van der Waals surface area (Å²) in [5.41, 5.74) is 0.850. The molecule has 1 fully saturated rings. The zero-order valence-electron chi connectivity index (χ0n) is 9.94. The predicted molar refractivity (Wildman–Crippen MR) is 74.3 cm³/mol. The Bertz CT molecular complexity index is 548. The van der Waals surface area contributed by atoms with Crippen LogP contribution in [0.5, 0.6) is 0 Å². The van der Waals surface area contributed by atoms with Gasteiger partial charge in [-0.1, -0.05) is 11.6 Å². The highest BCUT2D eigenvalue weighted by molar-refractivity contribution is 7.91. The van der Waals surface area contributed by atoms with Crippen LogP contribution in [-0.4, -0.2) is 37.5 Å². The number of pyridine rings is 1. The summed E-state index contributed by atoms with van der Waals surface area (Å²) >= 11 is 11.9. The van der Waals surface area contributed by atoms with Crippen molar-refractivity contribution in [3.63, 3.8) is 0 Å². The molecule has 4 nitrogen and oxygen atoms in total. The van der Waals surface area contributed by atoms with Gasteiger partial charge in [-0.2, -0.15) is 0 Å². The minimum absolute atomic E-state index is 0.115. The van der Waals surface area contributed by atoms with E-state index in [1.54, 1.807) is 12.3 Å². The number of aromatic nitrogens is 1. The van der Waals surface area contributed by atoms with Crippen LogP contribution in [0.3, 0.4) is 0 Å². The lowest BCUT2D eigenvalue weighted by atomic mass is 10.2. The first-order valence-electron chi connectivity index (χ1n) is 5.60. The van der Waals surface area contributed by atoms with E-state index in [9.17, 15) is 8.42 Å². The van der Waals surface area contributed by atoms with E-state index in [2.05, 4.69) is 4.98 Å². The number of alkyl halides is 1. The largest absolute Gasteiger partial charge is 0.351 e. The maximum absolute atomic E-state index is 11.5. The van der Waals surface area contributed by atoms with E-state index in [0.717, 1.165) is 5.56 Å². The van der Waals surface area contributed by atoms with Gasteiger partial charge in [-0.3, -0.25) is 0 Å². The number of hydrogen-bond acceptors (Lipinski definition) is 4. The van der Waals surface area contributed by atoms with Crippen molar-refractivity contribution in [2.24, 2.45) is 0 Å². The Morgan fingerprint density at radius 3 is 2.83 bits per heavy atom. The maximum Gasteiger partial charge on any atom is 0.154 e. The molecule has 1 atom stereocenters. The molecule has 1 saturated heterocycles. The highest BCUT2D eigenvalue weighted by Crippen LogP contribution is 2.28. The van der Waals surface area contributed by atoms with Crippen molar-refractivity contribution in [1.29, 1.82) is 0 Å². The minimum atomic E-state index is -2.93. The molecule has 2 heterocycles. The highest BCUT2D eigenvalue weighted by Gasteiger charge is 2.29. The average Bonchev–Trinajstić information content (AvgIpc) is 2.29. The molecule has 18 heavy (non-hydrogen) atoms. The topological polar surface area (TPSA) is 50.3 Å². The molecule has 1 aromatic rings. The van der Waals surface area contributed by atoms with Gasteiger partial charge in [-0.25, -0.2) is 13.4 Å². The molecule has 1 aliphatic heterocycles. The van der Waals surface area contributed by atoms with E-state index in [0.29, 0.717) is 23.3 Å². The number of nitrogens with zero attached hydrogens (tertiary/aromatic N) is 2. The lowest BCUT2D eigenvalue weighted by Crippen LogP contribution is -2.47. The summed E-state index contributed by atoms with van der Waals surface area (Å²) < 4.78 is 23.1. The summed E-state index contributed by atoms with van der Waals surface area (Å²) in [6, 6.07) is 1.66. The molecule has 0 spiro atoms. The molecule has 1 unspecified atom stereocenters. The average molecular weight is 309 g/mol. The van der Waals surface area contributed by atoms with Gasteiger partial charge in [0, 0.05) is 24.7 Å². The normalized spacial score (nSPS) is 23.1. The Morgan fingerprint density at radius 2 is 2.28 bits per heavy atom. The van der Waals surface area contributed by atoms with E-state index < -0.39 is 9.84 Å². The second-order valence-corrected chi connectivity index (χ2v) is 7.34. The van der Waals surface area contributed by atoms with E-state index >= 15 is 0 Å². The molecule has 0 aromatic carbocycles. The van der Waals surface area contributed by atoms with Gasteiger partial charge >= 0.3 is 0 Å². The van der Waals surface area contributed by atoms with Crippen molar-refractivity contribution < 1.29 is 8.42 Å². The van der Waals surface area contributed by atoms with Crippen LogP contribution in [0.1, 0.15) is 12.5 Å². The molecular formula is C11H14Cl2N2O2S. The monoisotopic (exact) mass is 308 g/mol. The zero-order valence-corrected chi connectivity index (χ0v) is 12.3. The van der Waals surface area contributed by atoms with Gasteiger partial charge in [0.1, 0.15) is 5.82 Å². The summed E-state index contributed by atoms with van der Waals surface area (Å²) in [6.07, 6.45) is 1.67. The van der Waals surface area contributed by atoms with Crippen LogP contribution in [0.4, 0.5) is 5.82 Å². The second kappa shape index (κ2) is 5.23. The molecule has 1 aromatic heterocycles. The van der Waals surface area contributed by atoms with E-state index in [-0.39, 0.29) is 17.5 Å². The first-order valence-corrected chi connectivity index (χ1v) is 8.34. The van der Waals surface area contributed by atoms with Gasteiger partial charge in [0.2, 0.25) is 0 Å². The van der Waals surface area contributed by atoms with E-state index in [1.807, 2.05) is 11.8 Å². The summed E-state index contributed by atoms with van der Waals surface area (Å²) in [6.45, 7) is 2.29. The number of rotatable bonds is 2. The van der Waals surface area contributed by atoms with E-state index in [4.69, 9.17) is 23.2 Å². The zero-order chi connectivity index (χ0) is 13.3. The molecule has 2 rings (SSSR count). The van der Waals surface area contributed by atoms with Crippen LogP contribution in [0.2, 0.25) is 5.02 Å². The summed E-state index contributed by atoms with van der Waals surface area (Å²) in [5, 5.41) is 0.513. The first-order chi connectivity index (χ1) is 8.43. The van der Waals surface area contributed by atoms with Crippen LogP contribution in [0.25, 0.3) is 0 Å². The Morgan fingerprint density at radius 1 is 1.56 bits per heavy atom. The van der Waals surface area contributed by atoms with Crippen LogP contribution >= 0.6 is 23.2 Å². The van der Waals surface area contributed by atoms with Crippen LogP contribution in [-0.2, 0) is 15.7 Å². The van der Waals surface area contributed by atoms with Gasteiger partial charge in [0.25, 0.3) is 0 Å². The summed E-state index contributed by atoms with van der Waals surface area (Å²) in [5.74, 6) is 1.28. The lowest BCUT2D eigenvalue weighted by molar-refractivity contribution is 0.567. The number of halogens is 2. The van der Waals surface area contributed by atoms with Crippen molar-refractivity contribution >= 4 is 38.9 Å². The third kappa shape index (κ3) is 2.90. The fourth-order valence-corrected chi connectivity index (χ4v) is 4.07. The molecule has 0 amide bonds. The highest BCUT2D eigenvalue weighted by atomic mass is 35.5. The standard InChI is InChI=1S/C11H14Cl2N2O2S/c1-8-7-18(16,17)3-2-15(8)11-10(13)4-9(5-12)6-14-11/h4,6,8H,2-3,5,7H2,1H3. The lowest BCUT2D eigenvalue weighted by Gasteiger charge is -2.34. The van der Waals surface area contributed by atoms with Gasteiger partial charge in [-0.05, 0) is 18.6 Å². The van der Waals surface area contributed by atoms with E-state index in [1.165, 1.54) is 0 Å². The Balaban J connectivity index is 2.27. The van der Waals surface area contributed by atoms with Gasteiger partial charge < -0.3 is 4.90 Å². The third-order valence-corrected chi connectivity index (χ3v) is 5.36. The van der Waals surface area contributed by atoms with Gasteiger partial charge in [-0.15, -0.1) is 11.6 Å². The Kier molecular flexibility index (Phi) is 4.04. The molecular weight excluding hydrogens is 295 g/mol. The fraction of sp³-hybridized carbons (Fsp3) is 0.545. The quantitative estimate of drug-likeness (QED) is 0.785. The molecule has 0 aliphatic carbocycles.